The highest BCUT2D eigenvalue weighted by Crippen LogP contribution is 2.31. The molecule has 31 heavy (non-hydrogen) atoms. The largest absolute Gasteiger partial charge is 0.496 e. The third-order valence-corrected chi connectivity index (χ3v) is 7.48. The molecule has 1 aliphatic rings. The summed E-state index contributed by atoms with van der Waals surface area (Å²) in [7, 11) is -0.660. The number of carbonyl (C=O) groups is 1. The molecule has 7 nitrogen and oxygen atoms in total. The molecule has 1 N–H and O–H groups in total. The minimum atomic E-state index is -3.73. The molecule has 2 aromatic carbocycles. The second-order valence-corrected chi connectivity index (χ2v) is 9.92. The summed E-state index contributed by atoms with van der Waals surface area (Å²) in [5.41, 5.74) is 2.00. The van der Waals surface area contributed by atoms with Crippen LogP contribution >= 0.6 is 0 Å². The number of amides is 1. The number of aryl methyl sites for hydroxylation is 1. The van der Waals surface area contributed by atoms with Gasteiger partial charge in [0.15, 0.2) is 0 Å². The molecule has 1 fully saturated rings. The lowest BCUT2D eigenvalue weighted by atomic mass is 10.0. The molecular weight excluding hydrogens is 414 g/mol. The van der Waals surface area contributed by atoms with E-state index in [0.717, 1.165) is 47.1 Å². The Kier molecular flexibility index (Phi) is 7.69. The van der Waals surface area contributed by atoms with Crippen molar-refractivity contribution in [2.75, 3.05) is 40.3 Å². The van der Waals surface area contributed by atoms with E-state index in [0.29, 0.717) is 6.54 Å². The predicted octanol–water partition coefficient (Wildman–Crippen LogP) is 2.58. The minimum Gasteiger partial charge on any atom is -0.496 e. The summed E-state index contributed by atoms with van der Waals surface area (Å²) in [6.07, 6.45) is 2.24. The molecular formula is C23H31N3O4S. The van der Waals surface area contributed by atoms with E-state index >= 15 is 0 Å². The number of para-hydroxylation sites is 1. The van der Waals surface area contributed by atoms with Crippen LogP contribution in [0, 0.1) is 6.92 Å². The van der Waals surface area contributed by atoms with E-state index in [1.165, 1.54) is 7.05 Å². The van der Waals surface area contributed by atoms with Gasteiger partial charge in [-0.3, -0.25) is 9.69 Å². The maximum Gasteiger partial charge on any atom is 0.243 e. The van der Waals surface area contributed by atoms with Gasteiger partial charge in [-0.1, -0.05) is 35.9 Å². The Morgan fingerprint density at radius 3 is 2.42 bits per heavy atom. The van der Waals surface area contributed by atoms with Crippen LogP contribution in [-0.4, -0.2) is 63.9 Å². The Balaban J connectivity index is 1.67. The van der Waals surface area contributed by atoms with E-state index < -0.39 is 10.0 Å². The smallest absolute Gasteiger partial charge is 0.243 e. The molecule has 1 aliphatic heterocycles. The Bertz CT molecular complexity index is 986. The van der Waals surface area contributed by atoms with Crippen molar-refractivity contribution in [3.63, 3.8) is 0 Å². The summed E-state index contributed by atoms with van der Waals surface area (Å²) in [6, 6.07) is 14.4. The van der Waals surface area contributed by atoms with E-state index in [2.05, 4.69) is 10.2 Å². The molecule has 1 saturated heterocycles. The summed E-state index contributed by atoms with van der Waals surface area (Å²) in [4.78, 5) is 15.1. The quantitative estimate of drug-likeness (QED) is 0.642. The van der Waals surface area contributed by atoms with E-state index in [4.69, 9.17) is 4.74 Å². The Morgan fingerprint density at radius 2 is 1.77 bits per heavy atom. The molecule has 0 unspecified atom stereocenters. The van der Waals surface area contributed by atoms with Gasteiger partial charge in [-0.25, -0.2) is 8.42 Å². The van der Waals surface area contributed by atoms with Gasteiger partial charge >= 0.3 is 0 Å². The predicted molar refractivity (Wildman–Crippen MR) is 121 cm³/mol. The highest BCUT2D eigenvalue weighted by Gasteiger charge is 2.27. The summed E-state index contributed by atoms with van der Waals surface area (Å²) in [5, 5.41) is 2.93. The van der Waals surface area contributed by atoms with Crippen molar-refractivity contribution in [3.8, 4) is 5.75 Å². The second-order valence-electron chi connectivity index (χ2n) is 7.88. The number of likely N-dealkylation sites (N-methyl/N-ethyl adjacent to an activating group) is 1. The molecule has 0 radical (unpaired) electrons. The molecule has 0 spiro atoms. The van der Waals surface area contributed by atoms with Crippen LogP contribution in [0.4, 0.5) is 0 Å². The number of sulfonamides is 1. The van der Waals surface area contributed by atoms with Crippen LogP contribution in [-0.2, 0) is 14.8 Å². The first-order chi connectivity index (χ1) is 14.8. The fourth-order valence-corrected chi connectivity index (χ4v) is 5.00. The number of benzene rings is 2. The van der Waals surface area contributed by atoms with Crippen LogP contribution in [0.1, 0.15) is 30.0 Å². The van der Waals surface area contributed by atoms with Gasteiger partial charge < -0.3 is 10.1 Å². The van der Waals surface area contributed by atoms with Crippen LogP contribution < -0.4 is 10.1 Å². The summed E-state index contributed by atoms with van der Waals surface area (Å²) < 4.78 is 32.1. The third kappa shape index (κ3) is 5.64. The molecule has 0 bridgehead atoms. The Labute approximate surface area is 185 Å². The zero-order valence-electron chi connectivity index (χ0n) is 18.4. The molecule has 0 saturated carbocycles. The van der Waals surface area contributed by atoms with Gasteiger partial charge in [-0.2, -0.15) is 4.31 Å². The maximum atomic E-state index is 12.8. The zero-order valence-corrected chi connectivity index (χ0v) is 19.2. The molecule has 8 heteroatoms. The van der Waals surface area contributed by atoms with Gasteiger partial charge in [-0.15, -0.1) is 0 Å². The van der Waals surface area contributed by atoms with Crippen molar-refractivity contribution in [2.45, 2.75) is 30.7 Å². The number of hydrogen-bond donors (Lipinski definition) is 1. The van der Waals surface area contributed by atoms with E-state index in [1.54, 1.807) is 31.4 Å². The standard InChI is InChI=1S/C23H31N3O4S/c1-18-10-12-19(13-11-18)31(28,29)25(2)17-23(27)24-16-21(26-14-6-7-15-26)20-8-4-5-9-22(20)30-3/h4-5,8-13,21H,6-7,14-17H2,1-3H3,(H,24,27)/t21-/m0/s1. The average Bonchev–Trinajstić information content (AvgIpc) is 3.29. The van der Waals surface area contributed by atoms with Crippen LogP contribution in [0.5, 0.6) is 5.75 Å². The van der Waals surface area contributed by atoms with Gasteiger partial charge in [-0.05, 0) is 51.1 Å². The van der Waals surface area contributed by atoms with Gasteiger partial charge in [0.2, 0.25) is 15.9 Å². The van der Waals surface area contributed by atoms with Crippen molar-refractivity contribution in [3.05, 3.63) is 59.7 Å². The lowest BCUT2D eigenvalue weighted by molar-refractivity contribution is -0.121. The van der Waals surface area contributed by atoms with Gasteiger partial charge in [0.25, 0.3) is 0 Å². The number of likely N-dealkylation sites (tertiary alicyclic amines) is 1. The normalized spacial score (nSPS) is 15.7. The fraction of sp³-hybridized carbons (Fsp3) is 0.435. The van der Waals surface area contributed by atoms with Gasteiger partial charge in [0.1, 0.15) is 5.75 Å². The van der Waals surface area contributed by atoms with Crippen LogP contribution in [0.25, 0.3) is 0 Å². The van der Waals surface area contributed by atoms with Crippen molar-refractivity contribution in [1.82, 2.24) is 14.5 Å². The van der Waals surface area contributed by atoms with Crippen molar-refractivity contribution < 1.29 is 17.9 Å². The number of rotatable bonds is 9. The summed E-state index contributed by atoms with van der Waals surface area (Å²) in [5.74, 6) is 0.449. The first-order valence-electron chi connectivity index (χ1n) is 10.5. The Morgan fingerprint density at radius 1 is 1.13 bits per heavy atom. The topological polar surface area (TPSA) is 79.0 Å². The molecule has 0 aliphatic carbocycles. The number of ether oxygens (including phenoxy) is 1. The molecule has 168 valence electrons. The van der Waals surface area contributed by atoms with Gasteiger partial charge in [0.05, 0.1) is 24.6 Å². The van der Waals surface area contributed by atoms with Crippen molar-refractivity contribution in [2.24, 2.45) is 0 Å². The van der Waals surface area contributed by atoms with Crippen LogP contribution in [0.2, 0.25) is 0 Å². The van der Waals surface area contributed by atoms with E-state index in [1.807, 2.05) is 31.2 Å². The molecule has 1 heterocycles. The lowest BCUT2D eigenvalue weighted by Crippen LogP contribution is -2.42. The minimum absolute atomic E-state index is 0.0263. The molecule has 1 atom stereocenters. The second kappa shape index (κ2) is 10.3. The maximum absolute atomic E-state index is 12.8. The number of methoxy groups -OCH3 is 1. The van der Waals surface area contributed by atoms with Crippen LogP contribution in [0.15, 0.2) is 53.4 Å². The van der Waals surface area contributed by atoms with Crippen LogP contribution in [0.3, 0.4) is 0 Å². The molecule has 3 rings (SSSR count). The molecule has 2 aromatic rings. The third-order valence-electron chi connectivity index (χ3n) is 5.67. The van der Waals surface area contributed by atoms with E-state index in [-0.39, 0.29) is 23.4 Å². The monoisotopic (exact) mass is 445 g/mol. The number of hydrogen-bond acceptors (Lipinski definition) is 5. The number of carbonyl (C=O) groups excluding carboxylic acids is 1. The highest BCUT2D eigenvalue weighted by molar-refractivity contribution is 7.89. The van der Waals surface area contributed by atoms with Gasteiger partial charge in [0, 0.05) is 19.2 Å². The molecule has 1 amide bonds. The lowest BCUT2D eigenvalue weighted by Gasteiger charge is -2.29. The Hall–Kier alpha value is -2.42. The fourth-order valence-electron chi connectivity index (χ4n) is 3.87. The number of nitrogens with zero attached hydrogens (tertiary/aromatic N) is 2. The zero-order chi connectivity index (χ0) is 22.4. The number of nitrogens with one attached hydrogen (secondary N) is 1. The first kappa shape index (κ1) is 23.2. The summed E-state index contributed by atoms with van der Waals surface area (Å²) in [6.45, 7) is 3.96. The highest BCUT2D eigenvalue weighted by atomic mass is 32.2. The van der Waals surface area contributed by atoms with Crippen molar-refractivity contribution >= 4 is 15.9 Å². The summed E-state index contributed by atoms with van der Waals surface area (Å²) >= 11 is 0. The SMILES string of the molecule is COc1ccccc1[C@H](CNC(=O)CN(C)S(=O)(=O)c1ccc(C)cc1)N1CCCC1. The molecule has 0 aromatic heterocycles. The first-order valence-corrected chi connectivity index (χ1v) is 11.9. The average molecular weight is 446 g/mol. The van der Waals surface area contributed by atoms with Crippen molar-refractivity contribution in [1.29, 1.82) is 0 Å². The van der Waals surface area contributed by atoms with E-state index in [9.17, 15) is 13.2 Å².